The topological polar surface area (TPSA) is 38.9 Å². The van der Waals surface area contributed by atoms with Crippen LogP contribution >= 0.6 is 12.2 Å². The Bertz CT molecular complexity index is 689. The van der Waals surface area contributed by atoms with E-state index in [1.165, 1.54) is 35.2 Å². The zero-order valence-corrected chi connectivity index (χ0v) is 12.2. The van der Waals surface area contributed by atoms with Crippen molar-refractivity contribution in [1.82, 2.24) is 4.98 Å². The maximum Gasteiger partial charge on any atom is 0.105 e. The lowest BCUT2D eigenvalue weighted by Gasteiger charge is -2.21. The van der Waals surface area contributed by atoms with E-state index in [1.807, 2.05) is 0 Å². The summed E-state index contributed by atoms with van der Waals surface area (Å²) in [6, 6.07) is 4.25. The summed E-state index contributed by atoms with van der Waals surface area (Å²) in [5.74, 6) is 0. The summed E-state index contributed by atoms with van der Waals surface area (Å²) >= 11 is 5.30. The highest BCUT2D eigenvalue weighted by molar-refractivity contribution is 7.80. The number of thiocarbonyl (C=S) groups is 1. The summed E-state index contributed by atoms with van der Waals surface area (Å²) in [4.78, 5) is 5.41. The minimum Gasteiger partial charge on any atom is -0.389 e. The normalized spacial score (nSPS) is 14.4. The smallest absolute Gasteiger partial charge is 0.105 e. The Labute approximate surface area is 119 Å². The lowest BCUT2D eigenvalue weighted by Crippen LogP contribution is -2.18. The molecule has 3 rings (SSSR count). The third-order valence-electron chi connectivity index (χ3n) is 4.20. The van der Waals surface area contributed by atoms with Gasteiger partial charge in [-0.15, -0.1) is 0 Å². The average molecular weight is 270 g/mol. The number of nitrogens with zero attached hydrogens (tertiary/aromatic N) is 1. The van der Waals surface area contributed by atoms with Gasteiger partial charge in [-0.1, -0.05) is 24.4 Å². The second-order valence-corrected chi connectivity index (χ2v) is 5.83. The van der Waals surface area contributed by atoms with E-state index in [1.54, 1.807) is 0 Å². The van der Waals surface area contributed by atoms with Gasteiger partial charge in [0.15, 0.2) is 0 Å². The lowest BCUT2D eigenvalue weighted by molar-refractivity contribution is 0.670. The van der Waals surface area contributed by atoms with Crippen LogP contribution in [0, 0.1) is 13.8 Å². The lowest BCUT2D eigenvalue weighted by atomic mass is 9.88. The molecule has 0 saturated carbocycles. The van der Waals surface area contributed by atoms with Gasteiger partial charge in [0.2, 0.25) is 0 Å². The van der Waals surface area contributed by atoms with Crippen LogP contribution in [-0.4, -0.2) is 9.97 Å². The highest BCUT2D eigenvalue weighted by Crippen LogP contribution is 2.31. The van der Waals surface area contributed by atoms with Crippen molar-refractivity contribution in [1.29, 1.82) is 0 Å². The van der Waals surface area contributed by atoms with Gasteiger partial charge in [-0.3, -0.25) is 4.98 Å². The predicted molar refractivity (Wildman–Crippen MR) is 83.7 cm³/mol. The van der Waals surface area contributed by atoms with Crippen LogP contribution in [0.4, 0.5) is 0 Å². The molecule has 2 nitrogen and oxygen atoms in total. The van der Waals surface area contributed by atoms with E-state index in [-0.39, 0.29) is 0 Å². The van der Waals surface area contributed by atoms with Crippen molar-refractivity contribution >= 4 is 28.1 Å². The summed E-state index contributed by atoms with van der Waals surface area (Å²) in [6.07, 6.45) is 4.53. The van der Waals surface area contributed by atoms with Gasteiger partial charge in [0, 0.05) is 16.6 Å². The van der Waals surface area contributed by atoms with Gasteiger partial charge in [-0.2, -0.15) is 0 Å². The van der Waals surface area contributed by atoms with Gasteiger partial charge in [-0.05, 0) is 56.2 Å². The molecule has 0 radical (unpaired) electrons. The molecule has 2 N–H and O–H groups in total. The molecule has 1 aliphatic carbocycles. The van der Waals surface area contributed by atoms with Gasteiger partial charge < -0.3 is 5.73 Å². The molecule has 0 fully saturated rings. The minimum atomic E-state index is 0.508. The summed E-state index contributed by atoms with van der Waals surface area (Å²) in [5, 5.41) is 1.12. The Morgan fingerprint density at radius 1 is 1.21 bits per heavy atom. The average Bonchev–Trinajstić information content (AvgIpc) is 2.40. The van der Waals surface area contributed by atoms with Gasteiger partial charge in [0.25, 0.3) is 0 Å². The molecule has 0 spiro atoms. The Morgan fingerprint density at radius 2 is 1.95 bits per heavy atom. The Kier molecular flexibility index (Phi) is 3.02. The van der Waals surface area contributed by atoms with Crippen molar-refractivity contribution in [2.45, 2.75) is 39.5 Å². The Balaban J connectivity index is 2.45. The molecule has 0 unspecified atom stereocenters. The van der Waals surface area contributed by atoms with Gasteiger partial charge in [0.05, 0.1) is 5.52 Å². The molecule has 0 saturated heterocycles. The Morgan fingerprint density at radius 3 is 2.68 bits per heavy atom. The highest BCUT2D eigenvalue weighted by atomic mass is 32.1. The van der Waals surface area contributed by atoms with Crippen LogP contribution in [-0.2, 0) is 12.8 Å². The quantitative estimate of drug-likeness (QED) is 0.808. The number of aromatic nitrogens is 1. The first-order valence-electron chi connectivity index (χ1n) is 6.81. The van der Waals surface area contributed by atoms with Crippen LogP contribution in [0.3, 0.4) is 0 Å². The number of pyridine rings is 1. The predicted octanol–water partition coefficient (Wildman–Crippen LogP) is 3.36. The van der Waals surface area contributed by atoms with E-state index in [2.05, 4.69) is 26.0 Å². The molecule has 2 aromatic rings. The molecule has 0 amide bonds. The fourth-order valence-electron chi connectivity index (χ4n) is 3.01. The molecule has 3 heteroatoms. The SMILES string of the molecule is Cc1ccc2c(C(N)=S)c3c(nc2c1C)CCCC3. The maximum absolute atomic E-state index is 6.00. The number of hydrogen-bond acceptors (Lipinski definition) is 2. The second kappa shape index (κ2) is 4.57. The van der Waals surface area contributed by atoms with Crippen molar-refractivity contribution in [2.24, 2.45) is 5.73 Å². The van der Waals surface area contributed by atoms with E-state index in [4.69, 9.17) is 22.9 Å². The minimum absolute atomic E-state index is 0.508. The van der Waals surface area contributed by atoms with Crippen molar-refractivity contribution < 1.29 is 0 Å². The number of fused-ring (bicyclic) bond motifs is 2. The first-order valence-corrected chi connectivity index (χ1v) is 7.22. The molecule has 19 heavy (non-hydrogen) atoms. The number of aryl methyl sites for hydroxylation is 3. The summed E-state index contributed by atoms with van der Waals surface area (Å²) in [7, 11) is 0. The van der Waals surface area contributed by atoms with Crippen molar-refractivity contribution in [3.05, 3.63) is 40.1 Å². The van der Waals surface area contributed by atoms with Crippen LogP contribution < -0.4 is 5.73 Å². The van der Waals surface area contributed by atoms with E-state index in [9.17, 15) is 0 Å². The molecule has 0 aliphatic heterocycles. The maximum atomic E-state index is 6.00. The van der Waals surface area contributed by atoms with E-state index >= 15 is 0 Å². The second-order valence-electron chi connectivity index (χ2n) is 5.39. The first kappa shape index (κ1) is 12.5. The van der Waals surface area contributed by atoms with Crippen LogP contribution in [0.2, 0.25) is 0 Å². The molecule has 1 aromatic carbocycles. The standard InChI is InChI=1S/C16H18N2S/c1-9-7-8-12-14(16(17)19)11-5-3-4-6-13(11)18-15(12)10(9)2/h7-8H,3-6H2,1-2H3,(H2,17,19). The fourth-order valence-corrected chi connectivity index (χ4v) is 3.24. The van der Waals surface area contributed by atoms with Crippen LogP contribution in [0.25, 0.3) is 10.9 Å². The van der Waals surface area contributed by atoms with E-state index < -0.39 is 0 Å². The number of rotatable bonds is 1. The molecule has 98 valence electrons. The third kappa shape index (κ3) is 1.93. The number of hydrogen-bond donors (Lipinski definition) is 1. The first-order chi connectivity index (χ1) is 9.09. The van der Waals surface area contributed by atoms with Crippen LogP contribution in [0.1, 0.15) is 40.8 Å². The molecule has 0 atom stereocenters. The fraction of sp³-hybridized carbons (Fsp3) is 0.375. The molecule has 1 aromatic heterocycles. The summed E-state index contributed by atoms with van der Waals surface area (Å²) in [6.45, 7) is 4.25. The van der Waals surface area contributed by atoms with Crippen LogP contribution in [0.5, 0.6) is 0 Å². The zero-order chi connectivity index (χ0) is 13.6. The number of nitrogens with two attached hydrogens (primary N) is 1. The number of benzene rings is 1. The summed E-state index contributed by atoms with van der Waals surface area (Å²) < 4.78 is 0. The molecular weight excluding hydrogens is 252 g/mol. The molecule has 1 heterocycles. The molecule has 0 bridgehead atoms. The van der Waals surface area contributed by atoms with Gasteiger partial charge in [0.1, 0.15) is 4.99 Å². The van der Waals surface area contributed by atoms with Crippen molar-refractivity contribution in [3.8, 4) is 0 Å². The van der Waals surface area contributed by atoms with Crippen molar-refractivity contribution in [2.75, 3.05) is 0 Å². The van der Waals surface area contributed by atoms with Gasteiger partial charge >= 0.3 is 0 Å². The third-order valence-corrected chi connectivity index (χ3v) is 4.41. The van der Waals surface area contributed by atoms with E-state index in [0.29, 0.717) is 4.99 Å². The monoisotopic (exact) mass is 270 g/mol. The van der Waals surface area contributed by atoms with Crippen molar-refractivity contribution in [3.63, 3.8) is 0 Å². The zero-order valence-electron chi connectivity index (χ0n) is 11.4. The van der Waals surface area contributed by atoms with E-state index in [0.717, 1.165) is 29.3 Å². The van der Waals surface area contributed by atoms with Gasteiger partial charge in [-0.25, -0.2) is 0 Å². The molecule has 1 aliphatic rings. The van der Waals surface area contributed by atoms with Crippen LogP contribution in [0.15, 0.2) is 12.1 Å². The molecular formula is C16H18N2S. The Hall–Kier alpha value is -1.48. The highest BCUT2D eigenvalue weighted by Gasteiger charge is 2.20. The largest absolute Gasteiger partial charge is 0.389 e. The summed E-state index contributed by atoms with van der Waals surface area (Å²) in [5.41, 5.74) is 13.1.